The maximum Gasteiger partial charge on any atom is 0.307 e. The van der Waals surface area contributed by atoms with Crippen LogP contribution < -0.4 is 18.9 Å². The number of carboxylic acids is 2. The number of benzene rings is 4. The quantitative estimate of drug-likeness (QED) is 0.0783. The molecule has 0 unspecified atom stereocenters. The van der Waals surface area contributed by atoms with Gasteiger partial charge in [0, 0.05) is 6.42 Å². The summed E-state index contributed by atoms with van der Waals surface area (Å²) in [6.07, 6.45) is 0.180. The number of hydrogen-bond acceptors (Lipinski definition) is 10. The lowest BCUT2D eigenvalue weighted by molar-refractivity contribution is -0.137. The van der Waals surface area contributed by atoms with Gasteiger partial charge in [-0.25, -0.2) is 16.8 Å². The van der Waals surface area contributed by atoms with Gasteiger partial charge in [-0.15, -0.1) is 0 Å². The first kappa shape index (κ1) is 46.8. The molecule has 0 saturated heterocycles. The Morgan fingerprint density at radius 1 is 0.667 bits per heavy atom. The summed E-state index contributed by atoms with van der Waals surface area (Å²) < 4.78 is 64.7. The van der Waals surface area contributed by atoms with E-state index in [0.717, 1.165) is 5.56 Å². The molecule has 0 heterocycles. The van der Waals surface area contributed by atoms with Crippen molar-refractivity contribution in [2.75, 3.05) is 20.9 Å². The van der Waals surface area contributed by atoms with Crippen LogP contribution in [-0.2, 0) is 55.7 Å². The third kappa shape index (κ3) is 15.4. The molecule has 0 aliphatic heterocycles. The summed E-state index contributed by atoms with van der Waals surface area (Å²) in [5.74, 6) is -1.40. The number of sulfonamides is 2. The van der Waals surface area contributed by atoms with Crippen molar-refractivity contribution in [3.8, 4) is 23.6 Å². The van der Waals surface area contributed by atoms with Crippen molar-refractivity contribution in [3.63, 3.8) is 0 Å². The Kier molecular flexibility index (Phi) is 17.5. The Morgan fingerprint density at radius 3 is 1.49 bits per heavy atom. The first-order valence-corrected chi connectivity index (χ1v) is 22.2. The van der Waals surface area contributed by atoms with Gasteiger partial charge >= 0.3 is 11.9 Å². The zero-order chi connectivity index (χ0) is 42.5. The van der Waals surface area contributed by atoms with Crippen molar-refractivity contribution in [2.24, 2.45) is 0 Å². The van der Waals surface area contributed by atoms with Crippen molar-refractivity contribution < 1.29 is 46.1 Å². The van der Waals surface area contributed by atoms with Gasteiger partial charge in [0.15, 0.2) is 5.75 Å². The Balaban J connectivity index is 0.000000306. The number of nitrogens with zero attached hydrogens (tertiary/aromatic N) is 2. The molecule has 57 heavy (non-hydrogen) atoms. The van der Waals surface area contributed by atoms with Crippen molar-refractivity contribution in [3.05, 3.63) is 113 Å². The number of aryl methyl sites for hydroxylation is 1. The molecule has 4 aromatic rings. The average Bonchev–Trinajstić information content (AvgIpc) is 3.12. The molecule has 0 spiro atoms. The number of hydrogen-bond donors (Lipinski definition) is 4. The first-order chi connectivity index (χ1) is 26.8. The van der Waals surface area contributed by atoms with E-state index < -0.39 is 32.0 Å². The summed E-state index contributed by atoms with van der Waals surface area (Å²) in [5, 5.41) is 36.3. The summed E-state index contributed by atoms with van der Waals surface area (Å²) in [7, 11) is -6.97. The van der Waals surface area contributed by atoms with Gasteiger partial charge in [0.2, 0.25) is 20.0 Å². The minimum Gasteiger partial charge on any atom is -0.487 e. The lowest BCUT2D eigenvalue weighted by Crippen LogP contribution is -2.15. The van der Waals surface area contributed by atoms with E-state index in [-0.39, 0.29) is 64.6 Å². The van der Waals surface area contributed by atoms with Crippen LogP contribution in [0.15, 0.2) is 69.6 Å². The number of rotatable bonds is 17. The molecule has 0 aliphatic rings. The predicted octanol–water partition coefficient (Wildman–Crippen LogP) is 8.27. The van der Waals surface area contributed by atoms with E-state index in [4.69, 9.17) is 48.2 Å². The average molecular weight is 990 g/mol. The van der Waals surface area contributed by atoms with E-state index in [1.54, 1.807) is 30.3 Å². The molecule has 0 aromatic heterocycles. The second kappa shape index (κ2) is 21.3. The van der Waals surface area contributed by atoms with E-state index in [2.05, 4.69) is 41.3 Å². The number of anilines is 2. The van der Waals surface area contributed by atoms with Crippen molar-refractivity contribution in [2.45, 2.75) is 46.3 Å². The van der Waals surface area contributed by atoms with Gasteiger partial charge in [-0.1, -0.05) is 23.2 Å². The number of carboxylic acid groups (broad SMARTS) is 2. The maximum absolute atomic E-state index is 11.8. The molecule has 0 bridgehead atoms. The number of nitriles is 2. The molecular formula is C37H34Br2Cl2N4O10S2. The van der Waals surface area contributed by atoms with E-state index in [1.807, 2.05) is 12.1 Å². The molecule has 0 aliphatic carbocycles. The van der Waals surface area contributed by atoms with Crippen LogP contribution in [0.2, 0.25) is 10.0 Å². The number of aliphatic carboxylic acids is 2. The summed E-state index contributed by atoms with van der Waals surface area (Å²) in [4.78, 5) is 21.5. The van der Waals surface area contributed by atoms with Crippen molar-refractivity contribution in [1.29, 1.82) is 10.5 Å². The second-order valence-corrected chi connectivity index (χ2v) is 18.4. The van der Waals surface area contributed by atoms with Crippen molar-refractivity contribution in [1.82, 2.24) is 0 Å². The fraction of sp³-hybridized carbons (Fsp3) is 0.243. The molecule has 4 aromatic carbocycles. The first-order valence-electron chi connectivity index (χ1n) is 16.5. The lowest BCUT2D eigenvalue weighted by atomic mass is 10.1. The van der Waals surface area contributed by atoms with Crippen LogP contribution in [0.3, 0.4) is 0 Å². The van der Waals surface area contributed by atoms with E-state index in [1.165, 1.54) is 44.2 Å². The third-order valence-electron chi connectivity index (χ3n) is 7.42. The van der Waals surface area contributed by atoms with Crippen LogP contribution >= 0.6 is 55.1 Å². The Hall–Kier alpha value is -4.56. The minimum atomic E-state index is -3.50. The topological polar surface area (TPSA) is 233 Å². The Labute approximate surface area is 356 Å². The fourth-order valence-electron chi connectivity index (χ4n) is 4.78. The lowest BCUT2D eigenvalue weighted by Gasteiger charge is -2.14. The van der Waals surface area contributed by atoms with Crippen LogP contribution in [0.5, 0.6) is 11.5 Å². The number of ether oxygens (including phenoxy) is 2. The predicted molar refractivity (Wildman–Crippen MR) is 223 cm³/mol. The molecule has 0 radical (unpaired) electrons. The molecule has 4 rings (SSSR count). The van der Waals surface area contributed by atoms with Gasteiger partial charge in [-0.05, 0) is 135 Å². The molecule has 0 amide bonds. The van der Waals surface area contributed by atoms with Crippen LogP contribution in [0.4, 0.5) is 11.4 Å². The zero-order valence-corrected chi connectivity index (χ0v) is 36.4. The molecular weight excluding hydrogens is 955 g/mol. The van der Waals surface area contributed by atoms with Gasteiger partial charge in [0.25, 0.3) is 0 Å². The monoisotopic (exact) mass is 986 g/mol. The molecule has 20 heteroatoms. The SMILES string of the molecule is CCS(=O)(=O)Nc1cc(C#N)cc(COc2c(Br)cc(CCC(=O)O)cc2Br)c1.CCS(=O)(=O)Nc1cc(C#N)cc(COc2c(Cl)cc(CC(=O)O)cc2Cl)c1. The highest BCUT2D eigenvalue weighted by atomic mass is 79.9. The molecule has 14 nitrogen and oxygen atoms in total. The number of halogens is 4. The van der Waals surface area contributed by atoms with Gasteiger partial charge in [-0.2, -0.15) is 10.5 Å². The van der Waals surface area contributed by atoms with Crippen LogP contribution in [-0.4, -0.2) is 50.5 Å². The zero-order valence-electron chi connectivity index (χ0n) is 30.1. The van der Waals surface area contributed by atoms with Crippen LogP contribution in [0.25, 0.3) is 0 Å². The highest BCUT2D eigenvalue weighted by Crippen LogP contribution is 2.37. The standard InChI is InChI=1S/C19H18Br2N2O5S.C18H16Cl2N2O5S/c1-2-29(26,27)23-15-6-13(10-22)5-14(7-15)11-28-19-16(20)8-12(9-17(19)21)3-4-18(24)25;1-2-28(25,26)22-14-4-12(9-21)3-13(5-14)10-27-18-15(19)6-11(7-16(18)20)8-17(23)24/h5-9,23H,2-4,11H2,1H3,(H,24,25);3-7,22H,2,8,10H2,1H3,(H,23,24). The molecule has 0 saturated carbocycles. The summed E-state index contributed by atoms with van der Waals surface area (Å²) in [6.45, 7) is 3.09. The summed E-state index contributed by atoms with van der Waals surface area (Å²) in [6, 6.07) is 19.6. The van der Waals surface area contributed by atoms with Crippen molar-refractivity contribution >= 4 is 98.4 Å². The normalized spacial score (nSPS) is 10.9. The molecule has 0 atom stereocenters. The highest BCUT2D eigenvalue weighted by Gasteiger charge is 2.15. The maximum atomic E-state index is 11.8. The molecule has 302 valence electrons. The smallest absolute Gasteiger partial charge is 0.307 e. The third-order valence-corrected chi connectivity index (χ3v) is 11.8. The fourth-order valence-corrected chi connectivity index (χ4v) is 8.18. The summed E-state index contributed by atoms with van der Waals surface area (Å²) in [5.41, 5.74) is 3.51. The highest BCUT2D eigenvalue weighted by molar-refractivity contribution is 9.11. The van der Waals surface area contributed by atoms with E-state index in [9.17, 15) is 31.7 Å². The van der Waals surface area contributed by atoms with Gasteiger partial charge in [0.05, 0.1) is 71.6 Å². The van der Waals surface area contributed by atoms with Gasteiger partial charge in [-0.3, -0.25) is 19.0 Å². The van der Waals surface area contributed by atoms with Gasteiger partial charge in [0.1, 0.15) is 19.0 Å². The van der Waals surface area contributed by atoms with E-state index in [0.29, 0.717) is 49.1 Å². The van der Waals surface area contributed by atoms with Crippen LogP contribution in [0.1, 0.15) is 53.6 Å². The largest absolute Gasteiger partial charge is 0.487 e. The second-order valence-electron chi connectivity index (χ2n) is 11.9. The Morgan fingerprint density at radius 2 is 1.11 bits per heavy atom. The summed E-state index contributed by atoms with van der Waals surface area (Å²) >= 11 is 19.1. The number of nitrogens with one attached hydrogen (secondary N) is 2. The Bertz CT molecular complexity index is 2410. The molecule has 4 N–H and O–H groups in total. The number of carbonyl (C=O) groups is 2. The van der Waals surface area contributed by atoms with Gasteiger partial charge < -0.3 is 19.7 Å². The molecule has 0 fully saturated rings. The minimum absolute atomic E-state index is 0.0243. The van der Waals surface area contributed by atoms with Crippen LogP contribution in [0, 0.1) is 22.7 Å². The van der Waals surface area contributed by atoms with E-state index >= 15 is 0 Å².